The first kappa shape index (κ1) is 25.8. The van der Waals surface area contributed by atoms with Crippen LogP contribution in [0, 0.1) is 0 Å². The quantitative estimate of drug-likeness (QED) is 0.471. The van der Waals surface area contributed by atoms with Gasteiger partial charge in [-0.25, -0.2) is 0 Å². The van der Waals surface area contributed by atoms with Crippen LogP contribution in [-0.4, -0.2) is 83.1 Å². The molecule has 0 bridgehead atoms. The van der Waals surface area contributed by atoms with E-state index in [4.69, 9.17) is 9.84 Å². The Balaban J connectivity index is 1.27. The molecule has 3 aromatic rings. The summed E-state index contributed by atoms with van der Waals surface area (Å²) < 4.78 is 8.51. The number of nitrogens with zero attached hydrogens (tertiary/aromatic N) is 5. The van der Waals surface area contributed by atoms with Crippen LogP contribution in [0.4, 0.5) is 5.69 Å². The Morgan fingerprint density at radius 3 is 2.49 bits per heavy atom. The molecule has 0 radical (unpaired) electrons. The fourth-order valence-corrected chi connectivity index (χ4v) is 5.63. The van der Waals surface area contributed by atoms with Crippen molar-refractivity contribution >= 4 is 27.5 Å². The number of hydrogen-bond acceptors (Lipinski definition) is 6. The molecule has 3 heterocycles. The fraction of sp³-hybridized carbons (Fsp3) is 0.429. The number of aliphatic hydroxyl groups is 1. The van der Waals surface area contributed by atoms with Crippen molar-refractivity contribution < 1.29 is 14.6 Å². The number of carbonyl (C=O) groups is 1. The molecule has 1 amide bonds. The molecule has 0 aliphatic carbocycles. The first-order valence-corrected chi connectivity index (χ1v) is 13.6. The Labute approximate surface area is 226 Å². The third-order valence-corrected chi connectivity index (χ3v) is 7.88. The molecular formula is C28H34BrN5O3. The molecule has 9 heteroatoms. The smallest absolute Gasteiger partial charge is 0.219 e. The van der Waals surface area contributed by atoms with Gasteiger partial charge in [-0.05, 0) is 24.3 Å². The van der Waals surface area contributed by atoms with Crippen LogP contribution in [0.3, 0.4) is 0 Å². The zero-order valence-corrected chi connectivity index (χ0v) is 23.0. The lowest BCUT2D eigenvalue weighted by Gasteiger charge is -2.37. The van der Waals surface area contributed by atoms with E-state index in [2.05, 4.69) is 31.8 Å². The molecule has 8 nitrogen and oxygen atoms in total. The van der Waals surface area contributed by atoms with Gasteiger partial charge in [-0.1, -0.05) is 40.2 Å². The van der Waals surface area contributed by atoms with E-state index in [1.165, 1.54) is 0 Å². The van der Waals surface area contributed by atoms with Crippen molar-refractivity contribution in [3.05, 3.63) is 64.3 Å². The number of benzene rings is 2. The predicted octanol–water partition coefficient (Wildman–Crippen LogP) is 3.41. The van der Waals surface area contributed by atoms with Crippen LogP contribution in [0.5, 0.6) is 5.75 Å². The Hall–Kier alpha value is -2.88. The molecule has 0 spiro atoms. The van der Waals surface area contributed by atoms with Gasteiger partial charge in [0.05, 0.1) is 31.1 Å². The highest BCUT2D eigenvalue weighted by molar-refractivity contribution is 9.10. The lowest BCUT2D eigenvalue weighted by molar-refractivity contribution is -0.129. The van der Waals surface area contributed by atoms with Crippen LogP contribution < -0.4 is 9.64 Å². The molecule has 1 fully saturated rings. The minimum atomic E-state index is -0.537. The van der Waals surface area contributed by atoms with Gasteiger partial charge in [-0.3, -0.25) is 14.4 Å². The number of hydrogen-bond donors (Lipinski definition) is 1. The molecule has 1 unspecified atom stereocenters. The van der Waals surface area contributed by atoms with E-state index in [1.807, 2.05) is 52.0 Å². The van der Waals surface area contributed by atoms with Gasteiger partial charge in [-0.2, -0.15) is 5.10 Å². The average Bonchev–Trinajstić information content (AvgIpc) is 3.26. The van der Waals surface area contributed by atoms with Crippen LogP contribution in [-0.2, 0) is 24.3 Å². The third-order valence-electron chi connectivity index (χ3n) is 7.35. The number of aromatic nitrogens is 2. The highest BCUT2D eigenvalue weighted by atomic mass is 79.9. The summed E-state index contributed by atoms with van der Waals surface area (Å²) in [6.45, 7) is 7.41. The van der Waals surface area contributed by atoms with E-state index in [-0.39, 0.29) is 5.91 Å². The van der Waals surface area contributed by atoms with E-state index in [0.29, 0.717) is 26.2 Å². The summed E-state index contributed by atoms with van der Waals surface area (Å²) in [4.78, 5) is 18.6. The average molecular weight is 569 g/mol. The molecular weight excluding hydrogens is 534 g/mol. The van der Waals surface area contributed by atoms with Crippen LogP contribution >= 0.6 is 15.9 Å². The number of methoxy groups -OCH3 is 1. The van der Waals surface area contributed by atoms with E-state index < -0.39 is 6.10 Å². The molecule has 1 N–H and O–H groups in total. The summed E-state index contributed by atoms with van der Waals surface area (Å²) in [5.74, 6) is 0.969. The SMILES string of the molecule is COc1ccccc1N1CCN(CC(O)Cn2nc(-c3ccc(Br)cc3)c3c2CCN(C(C)=O)C3)CC1. The van der Waals surface area contributed by atoms with Crippen LogP contribution in [0.1, 0.15) is 18.2 Å². The van der Waals surface area contributed by atoms with Crippen molar-refractivity contribution in [2.24, 2.45) is 0 Å². The molecule has 2 aliphatic rings. The summed E-state index contributed by atoms with van der Waals surface area (Å²) in [7, 11) is 1.71. The number of β-amino-alcohol motifs (C(OH)–C–C–N with tert-alkyl or cyclic N) is 1. The first-order valence-electron chi connectivity index (χ1n) is 12.8. The predicted molar refractivity (Wildman–Crippen MR) is 148 cm³/mol. The van der Waals surface area contributed by atoms with Crippen molar-refractivity contribution in [1.82, 2.24) is 19.6 Å². The van der Waals surface area contributed by atoms with Crippen LogP contribution in [0.2, 0.25) is 0 Å². The topological polar surface area (TPSA) is 74.1 Å². The Morgan fingerprint density at radius 2 is 1.78 bits per heavy atom. The monoisotopic (exact) mass is 567 g/mol. The van der Waals surface area contributed by atoms with Crippen LogP contribution in [0.25, 0.3) is 11.3 Å². The standard InChI is InChI=1S/C28H34BrN5O3/c1-20(35)33-12-11-25-24(19-33)28(21-7-9-22(29)10-8-21)30-34(25)18-23(36)17-31-13-15-32(16-14-31)26-5-3-4-6-27(26)37-2/h3-10,23,36H,11-19H2,1-2H3. The van der Waals surface area contributed by atoms with E-state index in [0.717, 1.165) is 71.0 Å². The molecule has 2 aromatic carbocycles. The third kappa shape index (κ3) is 5.68. The minimum absolute atomic E-state index is 0.0763. The maximum Gasteiger partial charge on any atom is 0.219 e. The number of para-hydroxylation sites is 2. The van der Waals surface area contributed by atoms with Gasteiger partial charge in [-0.15, -0.1) is 0 Å². The zero-order chi connectivity index (χ0) is 25.9. The van der Waals surface area contributed by atoms with Crippen molar-refractivity contribution in [1.29, 1.82) is 0 Å². The number of halogens is 1. The van der Waals surface area contributed by atoms with Crippen molar-refractivity contribution in [3.63, 3.8) is 0 Å². The lowest BCUT2D eigenvalue weighted by atomic mass is 10.0. The molecule has 196 valence electrons. The second kappa shape index (κ2) is 11.2. The zero-order valence-electron chi connectivity index (χ0n) is 21.4. The number of carbonyl (C=O) groups excluding carboxylic acids is 1. The molecule has 1 atom stereocenters. The summed E-state index contributed by atoms with van der Waals surface area (Å²) in [6, 6.07) is 16.2. The first-order chi connectivity index (χ1) is 17.9. The maximum absolute atomic E-state index is 12.1. The van der Waals surface area contributed by atoms with Gasteiger partial charge >= 0.3 is 0 Å². The number of rotatable bonds is 7. The van der Waals surface area contributed by atoms with Gasteiger partial charge in [0.25, 0.3) is 0 Å². The van der Waals surface area contributed by atoms with E-state index in [9.17, 15) is 9.90 Å². The van der Waals surface area contributed by atoms with E-state index in [1.54, 1.807) is 14.0 Å². The summed E-state index contributed by atoms with van der Waals surface area (Å²) >= 11 is 3.51. The second-order valence-corrected chi connectivity index (χ2v) is 10.7. The molecule has 1 saturated heterocycles. The van der Waals surface area contributed by atoms with Gasteiger partial charge in [0.15, 0.2) is 0 Å². The largest absolute Gasteiger partial charge is 0.495 e. The van der Waals surface area contributed by atoms with Gasteiger partial charge in [0.1, 0.15) is 5.75 Å². The second-order valence-electron chi connectivity index (χ2n) is 9.77. The molecule has 5 rings (SSSR count). The number of anilines is 1. The fourth-order valence-electron chi connectivity index (χ4n) is 5.37. The number of piperazine rings is 1. The Morgan fingerprint density at radius 1 is 1.05 bits per heavy atom. The summed E-state index contributed by atoms with van der Waals surface area (Å²) in [5.41, 5.74) is 5.24. The highest BCUT2D eigenvalue weighted by Crippen LogP contribution is 2.32. The molecule has 37 heavy (non-hydrogen) atoms. The van der Waals surface area contributed by atoms with Crippen molar-refractivity contribution in [2.45, 2.75) is 32.5 Å². The summed E-state index contributed by atoms with van der Waals surface area (Å²) in [5, 5.41) is 16.0. The Kier molecular flexibility index (Phi) is 7.83. The van der Waals surface area contributed by atoms with Crippen LogP contribution in [0.15, 0.2) is 53.0 Å². The molecule has 2 aliphatic heterocycles. The number of fused-ring (bicyclic) bond motifs is 1. The van der Waals surface area contributed by atoms with Crippen molar-refractivity contribution in [2.75, 3.05) is 51.3 Å². The van der Waals surface area contributed by atoms with Gasteiger partial charge in [0.2, 0.25) is 5.91 Å². The van der Waals surface area contributed by atoms with Gasteiger partial charge < -0.3 is 19.6 Å². The lowest BCUT2D eigenvalue weighted by Crippen LogP contribution is -2.49. The van der Waals surface area contributed by atoms with Crippen molar-refractivity contribution in [3.8, 4) is 17.0 Å². The molecule has 1 aromatic heterocycles. The Bertz CT molecular complexity index is 1240. The number of aliphatic hydroxyl groups excluding tert-OH is 1. The van der Waals surface area contributed by atoms with E-state index >= 15 is 0 Å². The van der Waals surface area contributed by atoms with Gasteiger partial charge in [0, 0.05) is 80.5 Å². The maximum atomic E-state index is 12.1. The summed E-state index contributed by atoms with van der Waals surface area (Å²) in [6.07, 6.45) is 0.202. The number of ether oxygens (including phenoxy) is 1. The highest BCUT2D eigenvalue weighted by Gasteiger charge is 2.28. The normalized spacial score (nSPS) is 17.0. The number of amides is 1. The minimum Gasteiger partial charge on any atom is -0.495 e. The molecule has 0 saturated carbocycles.